The highest BCUT2D eigenvalue weighted by Gasteiger charge is 2.16. The van der Waals surface area contributed by atoms with E-state index in [1.165, 1.54) is 7.11 Å². The number of halogens is 1. The Hall–Kier alpha value is -3.91. The van der Waals surface area contributed by atoms with Crippen molar-refractivity contribution in [2.45, 2.75) is 0 Å². The van der Waals surface area contributed by atoms with Crippen molar-refractivity contribution in [2.24, 2.45) is 0 Å². The third-order valence-electron chi connectivity index (χ3n) is 4.75. The molecule has 0 saturated heterocycles. The second kappa shape index (κ2) is 8.45. The van der Waals surface area contributed by atoms with E-state index in [1.54, 1.807) is 83.4 Å². The lowest BCUT2D eigenvalue weighted by Crippen LogP contribution is -2.26. The standard InChI is InChI=1S/C22H18ClN5O3/c1-27(17-8-4-15(23)5-9-17)21(29)14-3-12-19-20(13-14)28(26-25-19)18-10-6-16(7-11-18)24-22(30)31-2/h3-13H,1-2H3,(H,24,30). The molecule has 31 heavy (non-hydrogen) atoms. The van der Waals surface area contributed by atoms with E-state index in [0.29, 0.717) is 27.3 Å². The van der Waals surface area contributed by atoms with Crippen LogP contribution in [0.2, 0.25) is 5.02 Å². The van der Waals surface area contributed by atoms with Gasteiger partial charge in [0.2, 0.25) is 0 Å². The van der Waals surface area contributed by atoms with Crippen molar-refractivity contribution >= 4 is 46.0 Å². The molecule has 0 atom stereocenters. The summed E-state index contributed by atoms with van der Waals surface area (Å²) in [5, 5.41) is 11.6. The van der Waals surface area contributed by atoms with E-state index < -0.39 is 6.09 Å². The second-order valence-electron chi connectivity index (χ2n) is 6.71. The number of amides is 2. The molecule has 4 rings (SSSR count). The van der Waals surface area contributed by atoms with Crippen LogP contribution in [0.5, 0.6) is 0 Å². The maximum absolute atomic E-state index is 13.0. The molecular weight excluding hydrogens is 418 g/mol. The van der Waals surface area contributed by atoms with Crippen molar-refractivity contribution in [2.75, 3.05) is 24.4 Å². The summed E-state index contributed by atoms with van der Waals surface area (Å²) >= 11 is 5.94. The topological polar surface area (TPSA) is 89.3 Å². The van der Waals surface area contributed by atoms with Gasteiger partial charge in [-0.15, -0.1) is 5.10 Å². The Kier molecular flexibility index (Phi) is 5.55. The van der Waals surface area contributed by atoms with Crippen molar-refractivity contribution in [1.29, 1.82) is 0 Å². The highest BCUT2D eigenvalue weighted by Crippen LogP contribution is 2.22. The van der Waals surface area contributed by atoms with Gasteiger partial charge in [0.1, 0.15) is 5.52 Å². The van der Waals surface area contributed by atoms with Crippen LogP contribution in [-0.4, -0.2) is 41.2 Å². The number of aromatic nitrogens is 3. The van der Waals surface area contributed by atoms with Gasteiger partial charge >= 0.3 is 6.09 Å². The summed E-state index contributed by atoms with van der Waals surface area (Å²) in [5.41, 5.74) is 3.88. The minimum Gasteiger partial charge on any atom is -0.453 e. The average molecular weight is 436 g/mol. The van der Waals surface area contributed by atoms with Gasteiger partial charge < -0.3 is 9.64 Å². The van der Waals surface area contributed by atoms with Crippen molar-refractivity contribution in [3.63, 3.8) is 0 Å². The molecule has 0 aliphatic heterocycles. The van der Waals surface area contributed by atoms with Gasteiger partial charge in [-0.25, -0.2) is 9.48 Å². The summed E-state index contributed by atoms with van der Waals surface area (Å²) in [4.78, 5) is 25.9. The highest BCUT2D eigenvalue weighted by atomic mass is 35.5. The Labute approximate surface area is 183 Å². The number of rotatable bonds is 4. The summed E-state index contributed by atoms with van der Waals surface area (Å²) in [6.07, 6.45) is -0.549. The Morgan fingerprint density at radius 1 is 1.03 bits per heavy atom. The maximum atomic E-state index is 13.0. The lowest BCUT2D eigenvalue weighted by molar-refractivity contribution is 0.0993. The van der Waals surface area contributed by atoms with Gasteiger partial charge in [0.15, 0.2) is 0 Å². The van der Waals surface area contributed by atoms with Gasteiger partial charge in [0.05, 0.1) is 18.3 Å². The molecule has 0 aliphatic carbocycles. The van der Waals surface area contributed by atoms with Crippen LogP contribution in [0.3, 0.4) is 0 Å². The molecule has 0 bridgehead atoms. The molecule has 0 saturated carbocycles. The maximum Gasteiger partial charge on any atom is 0.411 e. The predicted molar refractivity (Wildman–Crippen MR) is 119 cm³/mol. The molecule has 1 heterocycles. The molecule has 3 aromatic carbocycles. The van der Waals surface area contributed by atoms with Crippen LogP contribution in [0, 0.1) is 0 Å². The molecule has 0 fully saturated rings. The zero-order chi connectivity index (χ0) is 22.0. The van der Waals surface area contributed by atoms with Crippen molar-refractivity contribution in [1.82, 2.24) is 15.0 Å². The van der Waals surface area contributed by atoms with Gasteiger partial charge in [-0.3, -0.25) is 10.1 Å². The third kappa shape index (κ3) is 4.19. The number of carbonyl (C=O) groups excluding carboxylic acids is 2. The first-order valence-electron chi connectivity index (χ1n) is 9.31. The number of hydrogen-bond donors (Lipinski definition) is 1. The van der Waals surface area contributed by atoms with Crippen LogP contribution in [0.1, 0.15) is 10.4 Å². The van der Waals surface area contributed by atoms with Crippen molar-refractivity contribution in [3.05, 3.63) is 77.3 Å². The summed E-state index contributed by atoms with van der Waals surface area (Å²) < 4.78 is 6.22. The van der Waals surface area contributed by atoms with Crippen LogP contribution >= 0.6 is 11.6 Å². The Bertz CT molecular complexity index is 1250. The number of ether oxygens (including phenoxy) is 1. The zero-order valence-electron chi connectivity index (χ0n) is 16.7. The zero-order valence-corrected chi connectivity index (χ0v) is 17.5. The fraction of sp³-hybridized carbons (Fsp3) is 0.0909. The van der Waals surface area contributed by atoms with Crippen LogP contribution in [0.4, 0.5) is 16.2 Å². The number of anilines is 2. The SMILES string of the molecule is COC(=O)Nc1ccc(-n2nnc3ccc(C(=O)N(C)c4ccc(Cl)cc4)cc32)cc1. The van der Waals surface area contributed by atoms with E-state index >= 15 is 0 Å². The van der Waals surface area contributed by atoms with Gasteiger partial charge in [0, 0.05) is 29.0 Å². The molecule has 9 heteroatoms. The Balaban J connectivity index is 1.64. The predicted octanol–water partition coefficient (Wildman–Crippen LogP) is 4.53. The quantitative estimate of drug-likeness (QED) is 0.508. The van der Waals surface area contributed by atoms with E-state index in [1.807, 2.05) is 0 Å². The van der Waals surface area contributed by atoms with E-state index in [4.69, 9.17) is 11.6 Å². The van der Waals surface area contributed by atoms with E-state index in [-0.39, 0.29) is 5.91 Å². The number of hydrogen-bond acceptors (Lipinski definition) is 5. The number of benzene rings is 3. The molecule has 0 unspecified atom stereocenters. The molecule has 1 N–H and O–H groups in total. The molecule has 2 amide bonds. The van der Waals surface area contributed by atoms with E-state index in [9.17, 15) is 9.59 Å². The molecule has 4 aromatic rings. The number of nitrogens with one attached hydrogen (secondary N) is 1. The smallest absolute Gasteiger partial charge is 0.411 e. The van der Waals surface area contributed by atoms with Gasteiger partial charge in [-0.2, -0.15) is 0 Å². The first-order valence-corrected chi connectivity index (χ1v) is 9.68. The Morgan fingerprint density at radius 3 is 2.42 bits per heavy atom. The van der Waals surface area contributed by atoms with Crippen LogP contribution in [-0.2, 0) is 4.74 Å². The third-order valence-corrected chi connectivity index (χ3v) is 5.01. The van der Waals surface area contributed by atoms with Crippen LogP contribution < -0.4 is 10.2 Å². The van der Waals surface area contributed by atoms with Crippen molar-refractivity contribution in [3.8, 4) is 5.69 Å². The van der Waals surface area contributed by atoms with Crippen LogP contribution in [0.25, 0.3) is 16.7 Å². The van der Waals surface area contributed by atoms with E-state index in [0.717, 1.165) is 11.4 Å². The van der Waals surface area contributed by atoms with Crippen molar-refractivity contribution < 1.29 is 14.3 Å². The fourth-order valence-corrected chi connectivity index (χ4v) is 3.20. The highest BCUT2D eigenvalue weighted by molar-refractivity contribution is 6.30. The fourth-order valence-electron chi connectivity index (χ4n) is 3.07. The lowest BCUT2D eigenvalue weighted by Gasteiger charge is -2.17. The minimum absolute atomic E-state index is 0.172. The lowest BCUT2D eigenvalue weighted by atomic mass is 10.1. The largest absolute Gasteiger partial charge is 0.453 e. The second-order valence-corrected chi connectivity index (χ2v) is 7.15. The molecular formula is C22H18ClN5O3. The molecule has 0 radical (unpaired) electrons. The number of fused-ring (bicyclic) bond motifs is 1. The molecule has 8 nitrogen and oxygen atoms in total. The first-order chi connectivity index (χ1) is 15.0. The average Bonchev–Trinajstić information content (AvgIpc) is 3.22. The summed E-state index contributed by atoms with van der Waals surface area (Å²) in [6.45, 7) is 0. The number of carbonyl (C=O) groups is 2. The number of nitrogens with zero attached hydrogens (tertiary/aromatic N) is 4. The molecule has 156 valence electrons. The van der Waals surface area contributed by atoms with Gasteiger partial charge in [-0.05, 0) is 66.7 Å². The Morgan fingerprint density at radius 2 is 1.74 bits per heavy atom. The summed E-state index contributed by atoms with van der Waals surface area (Å²) in [7, 11) is 3.01. The summed E-state index contributed by atoms with van der Waals surface area (Å²) in [5.74, 6) is -0.172. The normalized spacial score (nSPS) is 10.7. The first kappa shape index (κ1) is 20.4. The number of methoxy groups -OCH3 is 1. The van der Waals surface area contributed by atoms with E-state index in [2.05, 4.69) is 20.4 Å². The van der Waals surface area contributed by atoms with Crippen LogP contribution in [0.15, 0.2) is 66.7 Å². The summed E-state index contributed by atoms with van der Waals surface area (Å²) in [6, 6.07) is 19.3. The molecule has 0 spiro atoms. The molecule has 0 aliphatic rings. The minimum atomic E-state index is -0.549. The monoisotopic (exact) mass is 435 g/mol. The molecule has 1 aromatic heterocycles. The van der Waals surface area contributed by atoms with Gasteiger partial charge in [0.25, 0.3) is 5.91 Å². The van der Waals surface area contributed by atoms with Gasteiger partial charge in [-0.1, -0.05) is 16.8 Å².